The van der Waals surface area contributed by atoms with Gasteiger partial charge in [-0.2, -0.15) is 0 Å². The van der Waals surface area contributed by atoms with E-state index in [1.165, 1.54) is 18.2 Å². The summed E-state index contributed by atoms with van der Waals surface area (Å²) in [5, 5.41) is 12.9. The van der Waals surface area contributed by atoms with Gasteiger partial charge in [0.05, 0.1) is 12.5 Å². The Bertz CT molecular complexity index is 706. The van der Waals surface area contributed by atoms with Crippen LogP contribution < -0.4 is 5.14 Å². The summed E-state index contributed by atoms with van der Waals surface area (Å²) < 4.78 is 36.7. The Kier molecular flexibility index (Phi) is 4.47. The Balaban J connectivity index is 2.37. The lowest BCUT2D eigenvalue weighted by atomic mass is 10.0. The number of hydrogen-bond donors (Lipinski definition) is 2. The van der Waals surface area contributed by atoms with E-state index >= 15 is 0 Å². The fraction of sp³-hybridized carbons (Fsp3) is 0.385. The number of benzene rings is 1. The summed E-state index contributed by atoms with van der Waals surface area (Å²) in [7, 11) is -3.93. The third-order valence-corrected chi connectivity index (χ3v) is 4.84. The second-order valence-electron chi connectivity index (χ2n) is 5.10. The Morgan fingerprint density at radius 2 is 2.09 bits per heavy atom. The van der Waals surface area contributed by atoms with Crippen molar-refractivity contribution < 1.29 is 27.5 Å². The number of primary sulfonamides is 1. The van der Waals surface area contributed by atoms with Gasteiger partial charge in [-0.3, -0.25) is 9.59 Å². The van der Waals surface area contributed by atoms with E-state index in [2.05, 4.69) is 0 Å². The van der Waals surface area contributed by atoms with E-state index in [0.29, 0.717) is 0 Å². The lowest BCUT2D eigenvalue weighted by Gasteiger charge is -2.27. The topological polar surface area (TPSA) is 118 Å². The molecule has 3 N–H and O–H groups in total. The van der Waals surface area contributed by atoms with Gasteiger partial charge in [-0.05, 0) is 6.07 Å². The zero-order chi connectivity index (χ0) is 16.5. The first-order valence-corrected chi connectivity index (χ1v) is 8.08. The number of nitrogens with zero attached hydrogens (tertiary/aromatic N) is 1. The quantitative estimate of drug-likeness (QED) is 0.801. The highest BCUT2D eigenvalue weighted by Gasteiger charge is 2.41. The maximum atomic E-state index is 13.9. The van der Waals surface area contributed by atoms with Gasteiger partial charge < -0.3 is 10.0 Å². The Morgan fingerprint density at radius 3 is 2.59 bits per heavy atom. The highest BCUT2D eigenvalue weighted by molar-refractivity contribution is 7.89. The molecule has 1 heterocycles. The summed E-state index contributed by atoms with van der Waals surface area (Å²) in [5.74, 6) is -2.44. The third-order valence-electron chi connectivity index (χ3n) is 3.60. The number of hydrogen-bond acceptors (Lipinski definition) is 4. The number of carbonyl (C=O) groups excluding carboxylic acids is 1. The van der Waals surface area contributed by atoms with Gasteiger partial charge in [-0.15, -0.1) is 0 Å². The molecule has 0 radical (unpaired) electrons. The second-order valence-corrected chi connectivity index (χ2v) is 6.94. The van der Waals surface area contributed by atoms with Crippen LogP contribution in [-0.2, 0) is 19.6 Å². The molecule has 0 spiro atoms. The smallest absolute Gasteiger partial charge is 0.305 e. The lowest BCUT2D eigenvalue weighted by molar-refractivity contribution is -0.139. The van der Waals surface area contributed by atoms with Crippen LogP contribution in [0.2, 0.25) is 0 Å². The number of carbonyl (C=O) groups is 2. The summed E-state index contributed by atoms with van der Waals surface area (Å²) in [6, 6.07) is 4.42. The predicted octanol–water partition coefficient (Wildman–Crippen LogP) is 0.231. The molecular formula is C13H15FN2O5S. The average Bonchev–Trinajstić information content (AvgIpc) is 2.79. The number of sulfonamides is 1. The van der Waals surface area contributed by atoms with E-state index in [1.54, 1.807) is 0 Å². The molecule has 22 heavy (non-hydrogen) atoms. The van der Waals surface area contributed by atoms with Gasteiger partial charge >= 0.3 is 5.97 Å². The first-order chi connectivity index (χ1) is 10.2. The van der Waals surface area contributed by atoms with E-state index in [1.807, 2.05) is 0 Å². The summed E-state index contributed by atoms with van der Waals surface area (Å²) >= 11 is 0. The van der Waals surface area contributed by atoms with Crippen molar-refractivity contribution in [1.29, 1.82) is 0 Å². The van der Waals surface area contributed by atoms with Crippen LogP contribution in [0.15, 0.2) is 24.3 Å². The number of nitrogens with two attached hydrogens (primary N) is 1. The normalized spacial score (nSPS) is 20.2. The number of amides is 1. The van der Waals surface area contributed by atoms with Crippen molar-refractivity contribution in [2.24, 2.45) is 5.14 Å². The van der Waals surface area contributed by atoms with Crippen LogP contribution in [0.1, 0.15) is 24.4 Å². The molecule has 0 saturated carbocycles. The first-order valence-electron chi connectivity index (χ1n) is 6.47. The van der Waals surface area contributed by atoms with Gasteiger partial charge in [-0.25, -0.2) is 17.9 Å². The van der Waals surface area contributed by atoms with Crippen LogP contribution >= 0.6 is 0 Å². The molecule has 1 aromatic carbocycles. The van der Waals surface area contributed by atoms with E-state index < -0.39 is 45.4 Å². The van der Waals surface area contributed by atoms with Gasteiger partial charge in [0, 0.05) is 18.5 Å². The van der Waals surface area contributed by atoms with Crippen molar-refractivity contribution in [2.45, 2.75) is 24.1 Å². The number of likely N-dealkylation sites (tertiary alicyclic amines) is 1. The molecule has 1 aliphatic heterocycles. The summed E-state index contributed by atoms with van der Waals surface area (Å²) in [6.07, 6.45) is -0.854. The summed E-state index contributed by atoms with van der Waals surface area (Å²) in [5.41, 5.74) is 0.0355. The molecule has 0 aromatic heterocycles. The van der Waals surface area contributed by atoms with Crippen LogP contribution in [0, 0.1) is 5.82 Å². The SMILES string of the molecule is NS(=O)(=O)C1CC(=O)N(C(CC(=O)O)c2ccccc2F)C1. The van der Waals surface area contributed by atoms with E-state index in [4.69, 9.17) is 10.2 Å². The summed E-state index contributed by atoms with van der Waals surface area (Å²) in [4.78, 5) is 24.1. The van der Waals surface area contributed by atoms with Gasteiger partial charge in [0.15, 0.2) is 0 Å². The number of aliphatic carboxylic acids is 1. The molecule has 9 heteroatoms. The maximum absolute atomic E-state index is 13.9. The molecule has 2 unspecified atom stereocenters. The molecule has 0 aliphatic carbocycles. The van der Waals surface area contributed by atoms with Crippen molar-refractivity contribution in [3.8, 4) is 0 Å². The Hall–Kier alpha value is -2.00. The number of halogens is 1. The zero-order valence-electron chi connectivity index (χ0n) is 11.5. The second kappa shape index (κ2) is 6.01. The monoisotopic (exact) mass is 330 g/mol. The lowest BCUT2D eigenvalue weighted by Crippen LogP contribution is -2.35. The molecule has 2 atom stereocenters. The van der Waals surface area contributed by atoms with Crippen LogP contribution in [-0.4, -0.2) is 42.1 Å². The number of rotatable bonds is 5. The largest absolute Gasteiger partial charge is 0.481 e. The first kappa shape index (κ1) is 16.4. The molecule has 2 rings (SSSR count). The highest BCUT2D eigenvalue weighted by Crippen LogP contribution is 2.31. The molecule has 1 saturated heterocycles. The van der Waals surface area contributed by atoms with Crippen molar-refractivity contribution >= 4 is 21.9 Å². The molecule has 7 nitrogen and oxygen atoms in total. The molecule has 1 aromatic rings. The van der Waals surface area contributed by atoms with Gasteiger partial charge in [0.2, 0.25) is 15.9 Å². The fourth-order valence-electron chi connectivity index (χ4n) is 2.52. The van der Waals surface area contributed by atoms with Crippen molar-refractivity contribution in [3.05, 3.63) is 35.6 Å². The molecule has 120 valence electrons. The molecular weight excluding hydrogens is 315 g/mol. The van der Waals surface area contributed by atoms with Crippen molar-refractivity contribution in [3.63, 3.8) is 0 Å². The molecule has 0 bridgehead atoms. The maximum Gasteiger partial charge on any atom is 0.305 e. The zero-order valence-corrected chi connectivity index (χ0v) is 12.3. The average molecular weight is 330 g/mol. The number of carboxylic acid groups (broad SMARTS) is 1. The third kappa shape index (κ3) is 3.42. The fourth-order valence-corrected chi connectivity index (χ4v) is 3.26. The molecule has 1 amide bonds. The standard InChI is InChI=1S/C13H15FN2O5S/c14-10-4-2-1-3-9(10)11(6-13(18)19)16-7-8(5-12(16)17)22(15,20)21/h1-4,8,11H,5-7H2,(H,18,19)(H2,15,20,21). The van der Waals surface area contributed by atoms with Gasteiger partial charge in [-0.1, -0.05) is 18.2 Å². The van der Waals surface area contributed by atoms with E-state index in [0.717, 1.165) is 11.0 Å². The molecule has 1 fully saturated rings. The number of carboxylic acids is 1. The summed E-state index contributed by atoms with van der Waals surface area (Å²) in [6.45, 7) is -0.246. The van der Waals surface area contributed by atoms with Crippen molar-refractivity contribution in [2.75, 3.05) is 6.54 Å². The minimum absolute atomic E-state index is 0.0355. The predicted molar refractivity (Wildman–Crippen MR) is 74.6 cm³/mol. The van der Waals surface area contributed by atoms with E-state index in [-0.39, 0.29) is 18.5 Å². The highest BCUT2D eigenvalue weighted by atomic mass is 32.2. The minimum Gasteiger partial charge on any atom is -0.481 e. The van der Waals surface area contributed by atoms with Gasteiger partial charge in [0.1, 0.15) is 11.1 Å². The van der Waals surface area contributed by atoms with Crippen LogP contribution in [0.3, 0.4) is 0 Å². The Labute approximate surface area is 126 Å². The van der Waals surface area contributed by atoms with Crippen LogP contribution in [0.4, 0.5) is 4.39 Å². The van der Waals surface area contributed by atoms with E-state index in [9.17, 15) is 22.4 Å². The van der Waals surface area contributed by atoms with Crippen LogP contribution in [0.5, 0.6) is 0 Å². The van der Waals surface area contributed by atoms with Crippen molar-refractivity contribution in [1.82, 2.24) is 4.90 Å². The van der Waals surface area contributed by atoms with Crippen LogP contribution in [0.25, 0.3) is 0 Å². The van der Waals surface area contributed by atoms with Gasteiger partial charge in [0.25, 0.3) is 0 Å². The minimum atomic E-state index is -3.93. The molecule has 1 aliphatic rings. The Morgan fingerprint density at radius 1 is 1.45 bits per heavy atom.